The first-order chi connectivity index (χ1) is 14.6. The van der Waals surface area contributed by atoms with E-state index < -0.39 is 6.04 Å². The Balaban J connectivity index is 1.61. The number of nitrogens with one attached hydrogen (secondary N) is 2. The van der Waals surface area contributed by atoms with Crippen LogP contribution in [-0.2, 0) is 11.4 Å². The number of hydrogen-bond donors (Lipinski definition) is 2. The summed E-state index contributed by atoms with van der Waals surface area (Å²) in [6.07, 6.45) is 1.73. The molecule has 3 aromatic rings. The molecule has 7 nitrogen and oxygen atoms in total. The third-order valence-electron chi connectivity index (χ3n) is 4.39. The summed E-state index contributed by atoms with van der Waals surface area (Å²) in [4.78, 5) is 16.9. The first kappa shape index (κ1) is 21.0. The molecule has 0 fully saturated rings. The van der Waals surface area contributed by atoms with Crippen LogP contribution < -0.4 is 24.8 Å². The molecule has 0 saturated heterocycles. The Morgan fingerprint density at radius 3 is 2.60 bits per heavy atom. The molecule has 0 radical (unpaired) electrons. The number of anilines is 2. The number of methoxy groups -OCH3 is 2. The molecule has 0 spiro atoms. The van der Waals surface area contributed by atoms with Gasteiger partial charge in [0.05, 0.1) is 25.6 Å². The van der Waals surface area contributed by atoms with Crippen molar-refractivity contribution >= 4 is 17.3 Å². The van der Waals surface area contributed by atoms with Gasteiger partial charge in [-0.3, -0.25) is 9.78 Å². The number of amides is 1. The van der Waals surface area contributed by atoms with Crippen molar-refractivity contribution in [1.82, 2.24) is 4.98 Å². The molecular formula is C23H25N3O4. The van der Waals surface area contributed by atoms with Crippen LogP contribution >= 0.6 is 0 Å². The third-order valence-corrected chi connectivity index (χ3v) is 4.39. The lowest BCUT2D eigenvalue weighted by Crippen LogP contribution is -2.32. The fraction of sp³-hybridized carbons (Fsp3) is 0.217. The maximum Gasteiger partial charge on any atom is 0.246 e. The third kappa shape index (κ3) is 5.64. The molecule has 0 aliphatic carbocycles. The number of ether oxygens (including phenoxy) is 3. The predicted octanol–water partition coefficient (Wildman–Crippen LogP) is 4.12. The molecule has 1 amide bonds. The quantitative estimate of drug-likeness (QED) is 0.555. The minimum atomic E-state index is -0.494. The smallest absolute Gasteiger partial charge is 0.246 e. The van der Waals surface area contributed by atoms with Crippen LogP contribution in [0.15, 0.2) is 66.9 Å². The lowest BCUT2D eigenvalue weighted by Gasteiger charge is -2.17. The van der Waals surface area contributed by atoms with E-state index >= 15 is 0 Å². The highest BCUT2D eigenvalue weighted by Gasteiger charge is 2.16. The van der Waals surface area contributed by atoms with E-state index in [4.69, 9.17) is 14.2 Å². The van der Waals surface area contributed by atoms with Crippen molar-refractivity contribution in [2.24, 2.45) is 0 Å². The molecule has 1 heterocycles. The highest BCUT2D eigenvalue weighted by molar-refractivity contribution is 5.97. The topological polar surface area (TPSA) is 81.7 Å². The summed E-state index contributed by atoms with van der Waals surface area (Å²) in [6, 6.07) is 17.9. The van der Waals surface area contributed by atoms with E-state index in [1.807, 2.05) is 42.5 Å². The lowest BCUT2D eigenvalue weighted by atomic mass is 10.2. The number of rotatable bonds is 9. The Morgan fingerprint density at radius 1 is 1.00 bits per heavy atom. The van der Waals surface area contributed by atoms with Crippen molar-refractivity contribution in [2.75, 3.05) is 24.9 Å². The molecule has 2 aromatic carbocycles. The summed E-state index contributed by atoms with van der Waals surface area (Å²) >= 11 is 0. The number of benzene rings is 2. The van der Waals surface area contributed by atoms with E-state index in [2.05, 4.69) is 15.6 Å². The van der Waals surface area contributed by atoms with E-state index in [0.29, 0.717) is 29.5 Å². The molecule has 0 bridgehead atoms. The van der Waals surface area contributed by atoms with Gasteiger partial charge in [0.1, 0.15) is 29.9 Å². The van der Waals surface area contributed by atoms with E-state index in [9.17, 15) is 4.79 Å². The van der Waals surface area contributed by atoms with Crippen LogP contribution in [0.1, 0.15) is 12.6 Å². The lowest BCUT2D eigenvalue weighted by molar-refractivity contribution is -0.116. The molecule has 156 valence electrons. The van der Waals surface area contributed by atoms with Crippen LogP contribution in [-0.4, -0.2) is 31.2 Å². The first-order valence-corrected chi connectivity index (χ1v) is 9.51. The molecular weight excluding hydrogens is 382 g/mol. The van der Waals surface area contributed by atoms with Crippen molar-refractivity contribution in [3.8, 4) is 17.2 Å². The zero-order valence-electron chi connectivity index (χ0n) is 17.2. The standard InChI is InChI=1S/C23H25N3O4/c1-16(23(27)26-21-14-19(28-2)10-11-22(21)29-3)25-17-8-6-9-20(13-17)30-15-18-7-4-5-12-24-18/h4-14,16,25H,15H2,1-3H3,(H,26,27). The van der Waals surface area contributed by atoms with Crippen molar-refractivity contribution in [2.45, 2.75) is 19.6 Å². The summed E-state index contributed by atoms with van der Waals surface area (Å²) < 4.78 is 16.3. The van der Waals surface area contributed by atoms with Crippen LogP contribution in [0.3, 0.4) is 0 Å². The van der Waals surface area contributed by atoms with Gasteiger partial charge in [0.25, 0.3) is 0 Å². The van der Waals surface area contributed by atoms with Crippen molar-refractivity contribution in [3.63, 3.8) is 0 Å². The Bertz CT molecular complexity index is 979. The highest BCUT2D eigenvalue weighted by atomic mass is 16.5. The van der Waals surface area contributed by atoms with Gasteiger partial charge in [0, 0.05) is 24.0 Å². The van der Waals surface area contributed by atoms with Crippen LogP contribution in [0.5, 0.6) is 17.2 Å². The summed E-state index contributed by atoms with van der Waals surface area (Å²) in [5.74, 6) is 1.67. The maximum absolute atomic E-state index is 12.7. The summed E-state index contributed by atoms with van der Waals surface area (Å²) in [7, 11) is 3.12. The van der Waals surface area contributed by atoms with E-state index in [1.54, 1.807) is 45.5 Å². The number of pyridine rings is 1. The predicted molar refractivity (Wildman–Crippen MR) is 116 cm³/mol. The zero-order valence-corrected chi connectivity index (χ0v) is 17.2. The van der Waals surface area contributed by atoms with Gasteiger partial charge < -0.3 is 24.8 Å². The molecule has 7 heteroatoms. The number of carbonyl (C=O) groups excluding carboxylic acids is 1. The highest BCUT2D eigenvalue weighted by Crippen LogP contribution is 2.29. The van der Waals surface area contributed by atoms with Gasteiger partial charge >= 0.3 is 0 Å². The minimum absolute atomic E-state index is 0.207. The monoisotopic (exact) mass is 407 g/mol. The molecule has 0 saturated carbocycles. The van der Waals surface area contributed by atoms with Gasteiger partial charge in [-0.2, -0.15) is 0 Å². The number of nitrogens with zero attached hydrogens (tertiary/aromatic N) is 1. The molecule has 30 heavy (non-hydrogen) atoms. The van der Waals surface area contributed by atoms with Gasteiger partial charge in [0.15, 0.2) is 0 Å². The molecule has 2 N–H and O–H groups in total. The average Bonchev–Trinajstić information content (AvgIpc) is 2.78. The number of carbonyl (C=O) groups is 1. The number of aromatic nitrogens is 1. The van der Waals surface area contributed by atoms with Gasteiger partial charge in [-0.25, -0.2) is 0 Å². The van der Waals surface area contributed by atoms with Gasteiger partial charge in [-0.1, -0.05) is 12.1 Å². The van der Waals surface area contributed by atoms with Crippen molar-refractivity contribution < 1.29 is 19.0 Å². The van der Waals surface area contributed by atoms with Gasteiger partial charge in [-0.05, 0) is 43.3 Å². The zero-order chi connectivity index (χ0) is 21.3. The molecule has 0 aliphatic rings. The van der Waals surface area contributed by atoms with Gasteiger partial charge in [0.2, 0.25) is 5.91 Å². The molecule has 1 unspecified atom stereocenters. The SMILES string of the molecule is COc1ccc(OC)c(NC(=O)C(C)Nc2cccc(OCc3ccccn3)c2)c1. The minimum Gasteiger partial charge on any atom is -0.497 e. The summed E-state index contributed by atoms with van der Waals surface area (Å²) in [5, 5.41) is 6.06. The van der Waals surface area contributed by atoms with Crippen LogP contribution in [0, 0.1) is 0 Å². The van der Waals surface area contributed by atoms with Crippen LogP contribution in [0.4, 0.5) is 11.4 Å². The average molecular weight is 407 g/mol. The second-order valence-electron chi connectivity index (χ2n) is 6.56. The maximum atomic E-state index is 12.7. The molecule has 3 rings (SSSR count). The first-order valence-electron chi connectivity index (χ1n) is 9.51. The van der Waals surface area contributed by atoms with Gasteiger partial charge in [-0.15, -0.1) is 0 Å². The normalized spacial score (nSPS) is 11.3. The van der Waals surface area contributed by atoms with Crippen molar-refractivity contribution in [3.05, 3.63) is 72.6 Å². The van der Waals surface area contributed by atoms with Crippen LogP contribution in [0.2, 0.25) is 0 Å². The summed E-state index contributed by atoms with van der Waals surface area (Å²) in [5.41, 5.74) is 2.16. The number of hydrogen-bond acceptors (Lipinski definition) is 6. The molecule has 1 atom stereocenters. The largest absolute Gasteiger partial charge is 0.497 e. The molecule has 1 aromatic heterocycles. The fourth-order valence-corrected chi connectivity index (χ4v) is 2.78. The van der Waals surface area contributed by atoms with E-state index in [1.165, 1.54) is 0 Å². The van der Waals surface area contributed by atoms with Crippen molar-refractivity contribution in [1.29, 1.82) is 0 Å². The molecule has 0 aliphatic heterocycles. The Morgan fingerprint density at radius 2 is 1.87 bits per heavy atom. The Kier molecular flexibility index (Phi) is 7.10. The Hall–Kier alpha value is -3.74. The van der Waals surface area contributed by atoms with E-state index in [-0.39, 0.29) is 5.91 Å². The second kappa shape index (κ2) is 10.2. The van der Waals surface area contributed by atoms with Crippen LogP contribution in [0.25, 0.3) is 0 Å². The Labute approximate surface area is 176 Å². The van der Waals surface area contributed by atoms with E-state index in [0.717, 1.165) is 11.4 Å². The fourth-order valence-electron chi connectivity index (χ4n) is 2.78. The second-order valence-corrected chi connectivity index (χ2v) is 6.56. The summed E-state index contributed by atoms with van der Waals surface area (Å²) in [6.45, 7) is 2.15.